The van der Waals surface area contributed by atoms with Gasteiger partial charge in [-0.15, -0.1) is 0 Å². The van der Waals surface area contributed by atoms with Crippen molar-refractivity contribution < 1.29 is 23.9 Å². The van der Waals surface area contributed by atoms with Gasteiger partial charge in [0.2, 0.25) is 5.60 Å². The third kappa shape index (κ3) is 5.46. The van der Waals surface area contributed by atoms with Crippen molar-refractivity contribution in [2.45, 2.75) is 32.4 Å². The number of hydrogen-bond acceptors (Lipinski definition) is 6. The number of para-hydroxylation sites is 1. The SMILES string of the molecule is CCOC(=O)C1(COc2ccccc2)C=C([C@@H](NC(=O)c2ccc3ccccc3c2)C(C)C)NO1. The summed E-state index contributed by atoms with van der Waals surface area (Å²) in [6.07, 6.45) is 1.65. The Morgan fingerprint density at radius 2 is 1.71 bits per heavy atom. The first-order valence-electron chi connectivity index (χ1n) is 11.7. The molecule has 0 spiro atoms. The monoisotopic (exact) mass is 474 g/mol. The van der Waals surface area contributed by atoms with Crippen LogP contribution in [0.15, 0.2) is 84.6 Å². The first-order chi connectivity index (χ1) is 16.9. The van der Waals surface area contributed by atoms with Crippen molar-refractivity contribution in [1.82, 2.24) is 10.8 Å². The fourth-order valence-corrected chi connectivity index (χ4v) is 3.96. The summed E-state index contributed by atoms with van der Waals surface area (Å²) in [7, 11) is 0. The zero-order valence-corrected chi connectivity index (χ0v) is 20.1. The highest BCUT2D eigenvalue weighted by molar-refractivity contribution is 5.99. The number of hydroxylamine groups is 1. The number of amides is 1. The zero-order valence-electron chi connectivity index (χ0n) is 20.1. The zero-order chi connectivity index (χ0) is 24.8. The van der Waals surface area contributed by atoms with Gasteiger partial charge in [0, 0.05) is 5.56 Å². The summed E-state index contributed by atoms with van der Waals surface area (Å²) in [5.41, 5.74) is 2.49. The Morgan fingerprint density at radius 3 is 2.43 bits per heavy atom. The van der Waals surface area contributed by atoms with Gasteiger partial charge in [-0.1, -0.05) is 62.4 Å². The van der Waals surface area contributed by atoms with E-state index in [4.69, 9.17) is 14.3 Å². The Hall–Kier alpha value is -3.84. The number of carbonyl (C=O) groups is 2. The topological polar surface area (TPSA) is 85.9 Å². The van der Waals surface area contributed by atoms with Gasteiger partial charge in [0.15, 0.2) is 0 Å². The molecule has 0 aliphatic carbocycles. The third-order valence-corrected chi connectivity index (χ3v) is 5.86. The van der Waals surface area contributed by atoms with Crippen LogP contribution in [0.1, 0.15) is 31.1 Å². The average Bonchev–Trinajstić information content (AvgIpc) is 3.31. The van der Waals surface area contributed by atoms with Crippen LogP contribution in [0.25, 0.3) is 10.8 Å². The van der Waals surface area contributed by atoms with Crippen LogP contribution in [0, 0.1) is 5.92 Å². The minimum atomic E-state index is -1.48. The molecule has 1 aliphatic heterocycles. The molecule has 0 aromatic heterocycles. The molecule has 3 aromatic rings. The fourth-order valence-electron chi connectivity index (χ4n) is 3.96. The molecule has 4 rings (SSSR count). The second kappa shape index (κ2) is 10.6. The van der Waals surface area contributed by atoms with Crippen molar-refractivity contribution in [3.8, 4) is 5.75 Å². The minimum absolute atomic E-state index is 0.00907. The van der Waals surface area contributed by atoms with E-state index in [1.165, 1.54) is 0 Å². The van der Waals surface area contributed by atoms with Crippen molar-refractivity contribution in [3.05, 3.63) is 90.1 Å². The molecule has 1 heterocycles. The molecule has 0 saturated carbocycles. The van der Waals surface area contributed by atoms with E-state index in [2.05, 4.69) is 10.8 Å². The maximum Gasteiger partial charge on any atom is 0.348 e. The van der Waals surface area contributed by atoms with Crippen molar-refractivity contribution in [3.63, 3.8) is 0 Å². The lowest BCUT2D eigenvalue weighted by molar-refractivity contribution is -0.172. The minimum Gasteiger partial charge on any atom is -0.489 e. The molecule has 0 radical (unpaired) electrons. The summed E-state index contributed by atoms with van der Waals surface area (Å²) < 4.78 is 11.1. The summed E-state index contributed by atoms with van der Waals surface area (Å²) >= 11 is 0. The van der Waals surface area contributed by atoms with E-state index in [0.29, 0.717) is 17.0 Å². The average molecular weight is 475 g/mol. The van der Waals surface area contributed by atoms with E-state index in [-0.39, 0.29) is 25.0 Å². The number of esters is 1. The molecule has 2 atom stereocenters. The number of ether oxygens (including phenoxy) is 2. The Labute approximate surface area is 205 Å². The Morgan fingerprint density at radius 1 is 1.00 bits per heavy atom. The van der Waals surface area contributed by atoms with Crippen molar-refractivity contribution in [2.75, 3.05) is 13.2 Å². The molecular weight excluding hydrogens is 444 g/mol. The van der Waals surface area contributed by atoms with Crippen LogP contribution in [-0.4, -0.2) is 36.7 Å². The highest BCUT2D eigenvalue weighted by Gasteiger charge is 2.47. The molecule has 2 N–H and O–H groups in total. The molecule has 0 saturated heterocycles. The van der Waals surface area contributed by atoms with Gasteiger partial charge in [-0.25, -0.2) is 9.63 Å². The third-order valence-electron chi connectivity index (χ3n) is 5.86. The first-order valence-corrected chi connectivity index (χ1v) is 11.7. The standard InChI is InChI=1S/C28H30N2O5/c1-4-33-27(32)28(18-34-23-12-6-5-7-13-23)17-24(30-35-28)25(19(2)3)29-26(31)22-15-14-20-10-8-9-11-21(20)16-22/h5-17,19,25,30H,4,18H2,1-3H3,(H,29,31)/t25-,28?/m0/s1. The second-order valence-electron chi connectivity index (χ2n) is 8.77. The lowest BCUT2D eigenvalue weighted by Gasteiger charge is -2.23. The number of benzene rings is 3. The smallest absolute Gasteiger partial charge is 0.348 e. The van der Waals surface area contributed by atoms with E-state index < -0.39 is 17.6 Å². The van der Waals surface area contributed by atoms with E-state index in [9.17, 15) is 9.59 Å². The molecule has 182 valence electrons. The van der Waals surface area contributed by atoms with Crippen LogP contribution in [0.2, 0.25) is 0 Å². The Balaban J connectivity index is 1.56. The van der Waals surface area contributed by atoms with Crippen LogP contribution < -0.4 is 15.5 Å². The molecule has 0 fully saturated rings. The predicted molar refractivity (Wildman–Crippen MR) is 134 cm³/mol. The predicted octanol–water partition coefficient (Wildman–Crippen LogP) is 4.39. The number of hydrogen-bond donors (Lipinski definition) is 2. The molecule has 1 unspecified atom stereocenters. The van der Waals surface area contributed by atoms with Gasteiger partial charge in [0.1, 0.15) is 12.4 Å². The Kier molecular flexibility index (Phi) is 7.36. The van der Waals surface area contributed by atoms with Crippen LogP contribution in [0.4, 0.5) is 0 Å². The van der Waals surface area contributed by atoms with Gasteiger partial charge in [-0.3, -0.25) is 10.3 Å². The number of carbonyl (C=O) groups excluding carboxylic acids is 2. The van der Waals surface area contributed by atoms with Crippen LogP contribution in [0.3, 0.4) is 0 Å². The van der Waals surface area contributed by atoms with Gasteiger partial charge in [-0.2, -0.15) is 0 Å². The largest absolute Gasteiger partial charge is 0.489 e. The van der Waals surface area contributed by atoms with Crippen LogP contribution in [0.5, 0.6) is 5.75 Å². The van der Waals surface area contributed by atoms with E-state index in [0.717, 1.165) is 10.8 Å². The normalized spacial score (nSPS) is 18.0. The van der Waals surface area contributed by atoms with Gasteiger partial charge in [-0.05, 0) is 54.0 Å². The lowest BCUT2D eigenvalue weighted by atomic mass is 9.96. The molecule has 1 aliphatic rings. The number of fused-ring (bicyclic) bond motifs is 1. The summed E-state index contributed by atoms with van der Waals surface area (Å²) in [5, 5.41) is 5.13. The maximum absolute atomic E-state index is 13.1. The molecule has 0 bridgehead atoms. The van der Waals surface area contributed by atoms with Gasteiger partial charge in [0.05, 0.1) is 18.3 Å². The van der Waals surface area contributed by atoms with Gasteiger partial charge in [0.25, 0.3) is 5.91 Å². The molecular formula is C28H30N2O5. The molecule has 35 heavy (non-hydrogen) atoms. The summed E-state index contributed by atoms with van der Waals surface area (Å²) in [6.45, 7) is 5.81. The fraction of sp³-hybridized carbons (Fsp3) is 0.286. The van der Waals surface area contributed by atoms with Crippen LogP contribution in [-0.2, 0) is 14.4 Å². The molecule has 7 heteroatoms. The molecule has 3 aromatic carbocycles. The molecule has 1 amide bonds. The van der Waals surface area contributed by atoms with E-state index in [1.807, 2.05) is 68.4 Å². The molecule has 7 nitrogen and oxygen atoms in total. The maximum atomic E-state index is 13.1. The number of rotatable bonds is 9. The Bertz CT molecular complexity index is 1220. The first kappa shape index (κ1) is 24.3. The quantitative estimate of drug-likeness (QED) is 0.448. The highest BCUT2D eigenvalue weighted by Crippen LogP contribution is 2.28. The van der Waals surface area contributed by atoms with Crippen molar-refractivity contribution in [1.29, 1.82) is 0 Å². The second-order valence-corrected chi connectivity index (χ2v) is 8.77. The lowest BCUT2D eigenvalue weighted by Crippen LogP contribution is -2.46. The van der Waals surface area contributed by atoms with E-state index in [1.54, 1.807) is 31.2 Å². The van der Waals surface area contributed by atoms with Gasteiger partial charge >= 0.3 is 5.97 Å². The highest BCUT2D eigenvalue weighted by atomic mass is 16.7. The summed E-state index contributed by atoms with van der Waals surface area (Å²) in [5.74, 6) is -0.172. The number of nitrogens with one attached hydrogen (secondary N) is 2. The van der Waals surface area contributed by atoms with Crippen molar-refractivity contribution in [2.24, 2.45) is 5.92 Å². The van der Waals surface area contributed by atoms with Gasteiger partial charge < -0.3 is 14.8 Å². The summed E-state index contributed by atoms with van der Waals surface area (Å²) in [4.78, 5) is 31.8. The summed E-state index contributed by atoms with van der Waals surface area (Å²) in [6, 6.07) is 22.2. The van der Waals surface area contributed by atoms with Crippen molar-refractivity contribution >= 4 is 22.6 Å². The van der Waals surface area contributed by atoms with Crippen LogP contribution >= 0.6 is 0 Å². The van der Waals surface area contributed by atoms with E-state index >= 15 is 0 Å².